The standard InChI is InChI=1S/C28H33N5O4/c1-19-8-10-23(11-9-19)37-18-22(34)17-33-24-25(31(2)28(36)30-26(24)35)29-27(33)32-14-12-21(13-15-32)16-20-6-4-3-5-7-20/h3-11,21-22,34H,12-18H2,1-2H3,(H,30,35,36)/t22-/m0/s1. The third kappa shape index (κ3) is 5.46. The maximum absolute atomic E-state index is 12.9. The summed E-state index contributed by atoms with van der Waals surface area (Å²) < 4.78 is 8.85. The summed E-state index contributed by atoms with van der Waals surface area (Å²) in [6.07, 6.45) is 2.14. The molecule has 194 valence electrons. The van der Waals surface area contributed by atoms with Crippen LogP contribution in [0.1, 0.15) is 24.0 Å². The lowest BCUT2D eigenvalue weighted by molar-refractivity contribution is 0.0935. The minimum Gasteiger partial charge on any atom is -0.491 e. The Morgan fingerprint density at radius 1 is 1.08 bits per heavy atom. The highest BCUT2D eigenvalue weighted by Gasteiger charge is 2.27. The summed E-state index contributed by atoms with van der Waals surface area (Å²) in [4.78, 5) is 34.4. The number of piperidine rings is 1. The molecule has 37 heavy (non-hydrogen) atoms. The number of hydrogen-bond acceptors (Lipinski definition) is 6. The van der Waals surface area contributed by atoms with Gasteiger partial charge in [0.25, 0.3) is 5.56 Å². The maximum atomic E-state index is 12.9. The van der Waals surface area contributed by atoms with Crippen molar-refractivity contribution in [1.82, 2.24) is 19.1 Å². The molecule has 4 aromatic rings. The van der Waals surface area contributed by atoms with E-state index >= 15 is 0 Å². The number of imidazole rings is 1. The van der Waals surface area contributed by atoms with Crippen LogP contribution in [-0.4, -0.2) is 50.0 Å². The van der Waals surface area contributed by atoms with Crippen molar-refractivity contribution in [3.05, 3.63) is 86.6 Å². The van der Waals surface area contributed by atoms with Gasteiger partial charge in [-0.05, 0) is 49.8 Å². The van der Waals surface area contributed by atoms with Gasteiger partial charge >= 0.3 is 5.69 Å². The summed E-state index contributed by atoms with van der Waals surface area (Å²) >= 11 is 0. The molecule has 5 rings (SSSR count). The summed E-state index contributed by atoms with van der Waals surface area (Å²) in [6, 6.07) is 18.1. The summed E-state index contributed by atoms with van der Waals surface area (Å²) in [5, 5.41) is 10.9. The Hall–Kier alpha value is -3.85. The minimum atomic E-state index is -0.885. The fourth-order valence-corrected chi connectivity index (χ4v) is 5.01. The molecule has 1 fully saturated rings. The molecule has 3 heterocycles. The lowest BCUT2D eigenvalue weighted by atomic mass is 9.90. The van der Waals surface area contributed by atoms with Crippen LogP contribution in [0, 0.1) is 12.8 Å². The van der Waals surface area contributed by atoms with Crippen molar-refractivity contribution in [2.24, 2.45) is 13.0 Å². The fraction of sp³-hybridized carbons (Fsp3) is 0.393. The van der Waals surface area contributed by atoms with E-state index in [1.807, 2.05) is 37.3 Å². The molecule has 0 saturated carbocycles. The number of nitrogens with zero attached hydrogens (tertiary/aromatic N) is 4. The number of ether oxygens (including phenoxy) is 1. The number of aliphatic hydroxyl groups excluding tert-OH is 1. The number of anilines is 1. The van der Waals surface area contributed by atoms with Crippen LogP contribution >= 0.6 is 0 Å². The quantitative estimate of drug-likeness (QED) is 0.383. The van der Waals surface area contributed by atoms with Gasteiger partial charge in [0.05, 0.1) is 6.54 Å². The Morgan fingerprint density at radius 3 is 2.49 bits per heavy atom. The zero-order valence-corrected chi connectivity index (χ0v) is 21.3. The third-order valence-electron chi connectivity index (χ3n) is 7.11. The predicted octanol–water partition coefficient (Wildman–Crippen LogP) is 2.63. The zero-order valence-electron chi connectivity index (χ0n) is 21.3. The van der Waals surface area contributed by atoms with Crippen LogP contribution in [0.2, 0.25) is 0 Å². The van der Waals surface area contributed by atoms with Crippen LogP contribution in [0.4, 0.5) is 5.95 Å². The van der Waals surface area contributed by atoms with Crippen LogP contribution in [0.25, 0.3) is 11.2 Å². The minimum absolute atomic E-state index is 0.0605. The highest BCUT2D eigenvalue weighted by atomic mass is 16.5. The van der Waals surface area contributed by atoms with Crippen molar-refractivity contribution in [2.45, 2.75) is 38.8 Å². The normalized spacial score (nSPS) is 15.3. The largest absolute Gasteiger partial charge is 0.491 e. The van der Waals surface area contributed by atoms with E-state index in [0.717, 1.165) is 37.9 Å². The Labute approximate surface area is 215 Å². The van der Waals surface area contributed by atoms with E-state index in [4.69, 9.17) is 9.72 Å². The van der Waals surface area contributed by atoms with E-state index in [9.17, 15) is 14.7 Å². The van der Waals surface area contributed by atoms with Crippen LogP contribution < -0.4 is 20.9 Å². The molecule has 2 N–H and O–H groups in total. The number of H-pyrrole nitrogens is 1. The molecule has 1 aliphatic rings. The Balaban J connectivity index is 1.37. The monoisotopic (exact) mass is 503 g/mol. The zero-order chi connectivity index (χ0) is 25.9. The topological polar surface area (TPSA) is 105 Å². The second-order valence-corrected chi connectivity index (χ2v) is 9.91. The molecule has 1 saturated heterocycles. The Kier molecular flexibility index (Phi) is 7.14. The first-order valence-corrected chi connectivity index (χ1v) is 12.7. The molecule has 0 amide bonds. The van der Waals surface area contributed by atoms with E-state index < -0.39 is 17.4 Å². The Bertz CT molecular complexity index is 1460. The molecule has 9 heteroatoms. The summed E-state index contributed by atoms with van der Waals surface area (Å²) in [7, 11) is 1.59. The summed E-state index contributed by atoms with van der Waals surface area (Å²) in [6.45, 7) is 3.73. The highest BCUT2D eigenvalue weighted by Crippen LogP contribution is 2.27. The van der Waals surface area contributed by atoms with Crippen LogP contribution in [-0.2, 0) is 20.0 Å². The van der Waals surface area contributed by atoms with Gasteiger partial charge in [-0.2, -0.15) is 4.98 Å². The van der Waals surface area contributed by atoms with Gasteiger partial charge < -0.3 is 19.3 Å². The first kappa shape index (κ1) is 24.8. The predicted molar refractivity (Wildman–Crippen MR) is 143 cm³/mol. The third-order valence-corrected chi connectivity index (χ3v) is 7.11. The van der Waals surface area contributed by atoms with Crippen molar-refractivity contribution < 1.29 is 9.84 Å². The molecule has 0 aliphatic carbocycles. The number of aromatic nitrogens is 4. The first-order valence-electron chi connectivity index (χ1n) is 12.7. The molecular weight excluding hydrogens is 470 g/mol. The number of hydrogen-bond donors (Lipinski definition) is 2. The van der Waals surface area contributed by atoms with Crippen LogP contribution in [0.15, 0.2) is 64.2 Å². The molecule has 0 unspecified atom stereocenters. The number of benzene rings is 2. The van der Waals surface area contributed by atoms with Crippen LogP contribution in [0.3, 0.4) is 0 Å². The Morgan fingerprint density at radius 2 is 1.78 bits per heavy atom. The van der Waals surface area contributed by atoms with Gasteiger partial charge in [-0.3, -0.25) is 14.3 Å². The van der Waals surface area contributed by atoms with Crippen molar-refractivity contribution in [3.63, 3.8) is 0 Å². The maximum Gasteiger partial charge on any atom is 0.329 e. The van der Waals surface area contributed by atoms with Gasteiger partial charge in [0, 0.05) is 20.1 Å². The lowest BCUT2D eigenvalue weighted by Gasteiger charge is -2.33. The number of nitrogens with one attached hydrogen (secondary N) is 1. The van der Waals surface area contributed by atoms with Crippen molar-refractivity contribution in [2.75, 3.05) is 24.6 Å². The molecule has 9 nitrogen and oxygen atoms in total. The van der Waals surface area contributed by atoms with Gasteiger partial charge in [0.15, 0.2) is 11.2 Å². The van der Waals surface area contributed by atoms with Crippen molar-refractivity contribution in [1.29, 1.82) is 0 Å². The molecule has 2 aromatic heterocycles. The number of fused-ring (bicyclic) bond motifs is 1. The van der Waals surface area contributed by atoms with E-state index in [1.165, 1.54) is 10.1 Å². The molecule has 0 radical (unpaired) electrons. The molecular formula is C28H33N5O4. The summed E-state index contributed by atoms with van der Waals surface area (Å²) in [5.74, 6) is 1.83. The number of aromatic amines is 1. The first-order chi connectivity index (χ1) is 17.9. The van der Waals surface area contributed by atoms with Gasteiger partial charge in [-0.25, -0.2) is 4.79 Å². The SMILES string of the molecule is Cc1ccc(OC[C@@H](O)Cn2c(N3CCC(Cc4ccccc4)CC3)nc3c2c(=O)[nH]c(=O)n3C)cc1. The van der Waals surface area contributed by atoms with Gasteiger partial charge in [0.1, 0.15) is 18.5 Å². The average Bonchev–Trinajstić information content (AvgIpc) is 3.28. The lowest BCUT2D eigenvalue weighted by Crippen LogP contribution is -2.37. The van der Waals surface area contributed by atoms with E-state index in [0.29, 0.717) is 23.3 Å². The average molecular weight is 504 g/mol. The van der Waals surface area contributed by atoms with Gasteiger partial charge in [-0.15, -0.1) is 0 Å². The molecule has 1 aliphatic heterocycles. The highest BCUT2D eigenvalue weighted by molar-refractivity contribution is 5.74. The van der Waals surface area contributed by atoms with E-state index in [1.54, 1.807) is 11.6 Å². The fourth-order valence-electron chi connectivity index (χ4n) is 5.01. The summed E-state index contributed by atoms with van der Waals surface area (Å²) in [5.41, 5.74) is 2.02. The molecule has 0 spiro atoms. The number of aryl methyl sites for hydroxylation is 2. The molecule has 0 bridgehead atoms. The molecule has 1 atom stereocenters. The molecule has 2 aromatic carbocycles. The van der Waals surface area contributed by atoms with Crippen LogP contribution in [0.5, 0.6) is 5.75 Å². The second kappa shape index (κ2) is 10.6. The van der Waals surface area contributed by atoms with Gasteiger partial charge in [0.2, 0.25) is 5.95 Å². The van der Waals surface area contributed by atoms with Gasteiger partial charge in [-0.1, -0.05) is 48.0 Å². The number of rotatable bonds is 8. The smallest absolute Gasteiger partial charge is 0.329 e. The van der Waals surface area contributed by atoms with Crippen molar-refractivity contribution in [3.8, 4) is 5.75 Å². The van der Waals surface area contributed by atoms with E-state index in [-0.39, 0.29) is 18.7 Å². The van der Waals surface area contributed by atoms with Crippen molar-refractivity contribution >= 4 is 17.1 Å². The van der Waals surface area contributed by atoms with E-state index in [2.05, 4.69) is 34.1 Å². The number of aliphatic hydroxyl groups is 1. The second-order valence-electron chi connectivity index (χ2n) is 9.91.